The topological polar surface area (TPSA) is 84.5 Å². The second-order valence-corrected chi connectivity index (χ2v) is 8.78. The van der Waals surface area contributed by atoms with Gasteiger partial charge in [-0.05, 0) is 48.4 Å². The molecule has 8 heteroatoms. The minimum atomic E-state index is -3.39. The lowest BCUT2D eigenvalue weighted by Gasteiger charge is -2.25. The molecule has 0 saturated heterocycles. The van der Waals surface area contributed by atoms with E-state index in [1.807, 2.05) is 24.3 Å². The predicted octanol–water partition coefficient (Wildman–Crippen LogP) is 2.26. The van der Waals surface area contributed by atoms with Gasteiger partial charge >= 0.3 is 0 Å². The predicted molar refractivity (Wildman–Crippen MR) is 104 cm³/mol. The van der Waals surface area contributed by atoms with Gasteiger partial charge in [-0.25, -0.2) is 13.1 Å². The van der Waals surface area contributed by atoms with E-state index in [2.05, 4.69) is 10.0 Å². The monoisotopic (exact) mass is 408 g/mol. The minimum Gasteiger partial charge on any atom is -0.492 e. The number of carbonyl (C=O) groups excluding carboxylic acids is 1. The molecule has 1 amide bonds. The molecule has 0 aliphatic carbocycles. The molecule has 1 aliphatic rings. The summed E-state index contributed by atoms with van der Waals surface area (Å²) < 4.78 is 31.6. The first kappa shape index (κ1) is 19.7. The number of halogens is 1. The Morgan fingerprint density at radius 2 is 1.96 bits per heavy atom. The van der Waals surface area contributed by atoms with Crippen LogP contribution in [0.2, 0.25) is 5.02 Å². The third kappa shape index (κ3) is 5.00. The van der Waals surface area contributed by atoms with Crippen LogP contribution in [0.15, 0.2) is 42.5 Å². The Balaban J connectivity index is 1.65. The van der Waals surface area contributed by atoms with Crippen LogP contribution in [0.3, 0.4) is 0 Å². The van der Waals surface area contributed by atoms with E-state index in [1.54, 1.807) is 18.2 Å². The van der Waals surface area contributed by atoms with Crippen molar-refractivity contribution in [1.82, 2.24) is 10.0 Å². The first-order chi connectivity index (χ1) is 12.9. The van der Waals surface area contributed by atoms with Crippen molar-refractivity contribution in [2.24, 2.45) is 5.92 Å². The normalized spacial score (nSPS) is 16.3. The molecule has 0 saturated carbocycles. The van der Waals surface area contributed by atoms with Crippen LogP contribution in [0, 0.1) is 5.92 Å². The lowest BCUT2D eigenvalue weighted by Crippen LogP contribution is -2.37. The second-order valence-electron chi connectivity index (χ2n) is 6.41. The molecule has 6 nitrogen and oxygen atoms in total. The number of sulfonamides is 1. The average Bonchev–Trinajstić information content (AvgIpc) is 2.66. The highest BCUT2D eigenvalue weighted by atomic mass is 35.5. The Morgan fingerprint density at radius 1 is 1.22 bits per heavy atom. The van der Waals surface area contributed by atoms with Crippen LogP contribution in [-0.4, -0.2) is 28.0 Å². The molecule has 0 bridgehead atoms. The van der Waals surface area contributed by atoms with E-state index in [0.717, 1.165) is 16.9 Å². The zero-order valence-electron chi connectivity index (χ0n) is 14.9. The average molecular weight is 409 g/mol. The van der Waals surface area contributed by atoms with Crippen LogP contribution in [-0.2, 0) is 33.5 Å². The Kier molecular flexibility index (Phi) is 6.04. The first-order valence-electron chi connectivity index (χ1n) is 8.55. The number of hydrogen-bond donors (Lipinski definition) is 2. The van der Waals surface area contributed by atoms with E-state index in [1.165, 1.54) is 7.05 Å². The van der Waals surface area contributed by atoms with Crippen LogP contribution < -0.4 is 14.8 Å². The molecule has 3 rings (SSSR count). The summed E-state index contributed by atoms with van der Waals surface area (Å²) in [6, 6.07) is 12.5. The van der Waals surface area contributed by atoms with Crippen molar-refractivity contribution in [1.29, 1.82) is 0 Å². The van der Waals surface area contributed by atoms with Crippen molar-refractivity contribution >= 4 is 27.5 Å². The van der Waals surface area contributed by atoms with Crippen LogP contribution in [0.25, 0.3) is 0 Å². The summed E-state index contributed by atoms with van der Waals surface area (Å²) in [5.74, 6) is 0.177. The van der Waals surface area contributed by atoms with E-state index in [0.29, 0.717) is 23.6 Å². The standard InChI is InChI=1S/C19H21ClN2O4S/c1-21-27(24,25)12-14-5-3-2-4-13(14)10-22-19(23)16-8-15-9-17(20)6-7-18(15)26-11-16/h2-7,9,16,21H,8,10-12H2,1H3,(H,22,23)/t16-/m1/s1. The maximum absolute atomic E-state index is 12.6. The summed E-state index contributed by atoms with van der Waals surface area (Å²) in [5, 5.41) is 3.50. The highest BCUT2D eigenvalue weighted by molar-refractivity contribution is 7.88. The Hall–Kier alpha value is -2.09. The van der Waals surface area contributed by atoms with E-state index in [-0.39, 0.29) is 24.1 Å². The Morgan fingerprint density at radius 3 is 2.70 bits per heavy atom. The summed E-state index contributed by atoms with van der Waals surface area (Å²) in [6.07, 6.45) is 0.553. The molecule has 0 radical (unpaired) electrons. The van der Waals surface area contributed by atoms with Gasteiger partial charge in [0, 0.05) is 11.6 Å². The molecular formula is C19H21ClN2O4S. The van der Waals surface area contributed by atoms with E-state index < -0.39 is 10.0 Å². The molecule has 144 valence electrons. The number of nitrogens with one attached hydrogen (secondary N) is 2. The van der Waals surface area contributed by atoms with Crippen molar-refractivity contribution in [2.45, 2.75) is 18.7 Å². The molecule has 1 heterocycles. The van der Waals surface area contributed by atoms with Gasteiger partial charge in [0.15, 0.2) is 0 Å². The maximum Gasteiger partial charge on any atom is 0.227 e. The van der Waals surface area contributed by atoms with Crippen LogP contribution in [0.4, 0.5) is 0 Å². The number of ether oxygens (including phenoxy) is 1. The Labute approximate surface area is 163 Å². The minimum absolute atomic E-state index is 0.131. The summed E-state index contributed by atoms with van der Waals surface area (Å²) in [4.78, 5) is 12.6. The van der Waals surface area contributed by atoms with Gasteiger partial charge in [-0.15, -0.1) is 0 Å². The Bertz CT molecular complexity index is 946. The largest absolute Gasteiger partial charge is 0.492 e. The highest BCUT2D eigenvalue weighted by Crippen LogP contribution is 2.29. The lowest BCUT2D eigenvalue weighted by molar-refractivity contribution is -0.126. The molecule has 2 aromatic rings. The van der Waals surface area contributed by atoms with Crippen molar-refractivity contribution in [2.75, 3.05) is 13.7 Å². The van der Waals surface area contributed by atoms with Gasteiger partial charge in [0.1, 0.15) is 12.4 Å². The summed E-state index contributed by atoms with van der Waals surface area (Å²) in [6.45, 7) is 0.559. The zero-order chi connectivity index (χ0) is 19.4. The summed E-state index contributed by atoms with van der Waals surface area (Å²) >= 11 is 6.02. The zero-order valence-corrected chi connectivity index (χ0v) is 16.4. The number of benzene rings is 2. The lowest BCUT2D eigenvalue weighted by atomic mass is 9.96. The van der Waals surface area contributed by atoms with Gasteiger partial charge in [0.2, 0.25) is 15.9 Å². The molecule has 0 aromatic heterocycles. The third-order valence-electron chi connectivity index (χ3n) is 4.53. The fourth-order valence-electron chi connectivity index (χ4n) is 3.01. The fraction of sp³-hybridized carbons (Fsp3) is 0.316. The van der Waals surface area contributed by atoms with Crippen molar-refractivity contribution in [3.8, 4) is 5.75 Å². The fourth-order valence-corrected chi connectivity index (χ4v) is 4.04. The van der Waals surface area contributed by atoms with Gasteiger partial charge in [-0.3, -0.25) is 4.79 Å². The quantitative estimate of drug-likeness (QED) is 0.767. The van der Waals surface area contributed by atoms with Gasteiger partial charge in [-0.2, -0.15) is 0 Å². The smallest absolute Gasteiger partial charge is 0.227 e. The van der Waals surface area contributed by atoms with Gasteiger partial charge in [0.05, 0.1) is 11.7 Å². The molecule has 2 aromatic carbocycles. The second kappa shape index (κ2) is 8.29. The molecular weight excluding hydrogens is 388 g/mol. The molecule has 0 unspecified atom stereocenters. The maximum atomic E-state index is 12.6. The van der Waals surface area contributed by atoms with E-state index in [4.69, 9.17) is 16.3 Å². The number of hydrogen-bond acceptors (Lipinski definition) is 4. The summed E-state index contributed by atoms with van der Waals surface area (Å²) in [7, 11) is -2.00. The number of amides is 1. The summed E-state index contributed by atoms with van der Waals surface area (Å²) in [5.41, 5.74) is 2.34. The SMILES string of the molecule is CNS(=O)(=O)Cc1ccccc1CNC(=O)[C@H]1COc2ccc(Cl)cc2C1. The molecule has 0 fully saturated rings. The van der Waals surface area contributed by atoms with Gasteiger partial charge in [0.25, 0.3) is 0 Å². The molecule has 1 atom stereocenters. The van der Waals surface area contributed by atoms with Crippen LogP contribution in [0.1, 0.15) is 16.7 Å². The van der Waals surface area contributed by atoms with Gasteiger partial charge < -0.3 is 10.1 Å². The van der Waals surface area contributed by atoms with Gasteiger partial charge in [-0.1, -0.05) is 35.9 Å². The number of carbonyl (C=O) groups is 1. The third-order valence-corrected chi connectivity index (χ3v) is 6.08. The number of rotatable bonds is 6. The van der Waals surface area contributed by atoms with Crippen molar-refractivity contribution < 1.29 is 17.9 Å². The van der Waals surface area contributed by atoms with Crippen LogP contribution >= 0.6 is 11.6 Å². The highest BCUT2D eigenvalue weighted by Gasteiger charge is 2.26. The van der Waals surface area contributed by atoms with Crippen molar-refractivity contribution in [3.05, 3.63) is 64.2 Å². The van der Waals surface area contributed by atoms with E-state index in [9.17, 15) is 13.2 Å². The molecule has 27 heavy (non-hydrogen) atoms. The molecule has 1 aliphatic heterocycles. The molecule has 0 spiro atoms. The van der Waals surface area contributed by atoms with E-state index >= 15 is 0 Å². The number of fused-ring (bicyclic) bond motifs is 1. The van der Waals surface area contributed by atoms with Crippen molar-refractivity contribution in [3.63, 3.8) is 0 Å². The van der Waals surface area contributed by atoms with Crippen LogP contribution in [0.5, 0.6) is 5.75 Å². The molecule has 2 N–H and O–H groups in total. The first-order valence-corrected chi connectivity index (χ1v) is 10.6.